The largest absolute Gasteiger partial charge is 0.478 e. The fourth-order valence-corrected chi connectivity index (χ4v) is 1.55. The van der Waals surface area contributed by atoms with Crippen molar-refractivity contribution in [2.75, 3.05) is 33.5 Å². The van der Waals surface area contributed by atoms with Gasteiger partial charge in [-0.15, -0.1) is 0 Å². The number of hydrogen-bond acceptors (Lipinski definition) is 5. The van der Waals surface area contributed by atoms with Crippen molar-refractivity contribution >= 4 is 11.9 Å². The molecule has 0 fully saturated rings. The van der Waals surface area contributed by atoms with Gasteiger partial charge in [0, 0.05) is 26.1 Å². The van der Waals surface area contributed by atoms with Gasteiger partial charge in [-0.3, -0.25) is 4.79 Å². The second kappa shape index (κ2) is 8.34. The maximum atomic E-state index is 11.8. The van der Waals surface area contributed by atoms with Crippen LogP contribution in [0.25, 0.3) is 0 Å². The zero-order valence-corrected chi connectivity index (χ0v) is 11.6. The monoisotopic (exact) mass is 285 g/mol. The van der Waals surface area contributed by atoms with E-state index in [2.05, 4.69) is 5.32 Å². The minimum atomic E-state index is -1.10. The van der Waals surface area contributed by atoms with Crippen molar-refractivity contribution in [2.24, 2.45) is 0 Å². The van der Waals surface area contributed by atoms with Crippen LogP contribution in [0.15, 0.2) is 10.5 Å². The van der Waals surface area contributed by atoms with Crippen LogP contribution in [0.2, 0.25) is 0 Å². The van der Waals surface area contributed by atoms with Gasteiger partial charge in [-0.25, -0.2) is 4.79 Å². The van der Waals surface area contributed by atoms with Gasteiger partial charge in [-0.2, -0.15) is 0 Å². The molecular formula is C13H19NO6. The van der Waals surface area contributed by atoms with E-state index in [-0.39, 0.29) is 11.3 Å². The second-order valence-corrected chi connectivity index (χ2v) is 3.97. The molecule has 7 heteroatoms. The Morgan fingerprint density at radius 3 is 2.65 bits per heavy atom. The zero-order chi connectivity index (χ0) is 15.0. The van der Waals surface area contributed by atoms with Crippen molar-refractivity contribution in [1.29, 1.82) is 0 Å². The SMILES string of the molecule is CCc1oc(C(=O)NCCOCCOC)cc1C(=O)O. The molecule has 0 spiro atoms. The number of furan rings is 1. The molecule has 0 unspecified atom stereocenters. The number of aryl methyl sites for hydroxylation is 1. The van der Waals surface area contributed by atoms with E-state index in [0.29, 0.717) is 38.5 Å². The first kappa shape index (κ1) is 16.2. The van der Waals surface area contributed by atoms with Crippen LogP contribution in [0.5, 0.6) is 0 Å². The fourth-order valence-electron chi connectivity index (χ4n) is 1.55. The summed E-state index contributed by atoms with van der Waals surface area (Å²) in [7, 11) is 1.58. The normalized spacial score (nSPS) is 10.5. The van der Waals surface area contributed by atoms with Gasteiger partial charge in [-0.1, -0.05) is 6.92 Å². The summed E-state index contributed by atoms with van der Waals surface area (Å²) in [5.41, 5.74) is 0.0222. The summed E-state index contributed by atoms with van der Waals surface area (Å²) >= 11 is 0. The molecule has 1 aromatic heterocycles. The molecule has 0 saturated heterocycles. The third-order valence-electron chi connectivity index (χ3n) is 2.55. The highest BCUT2D eigenvalue weighted by Gasteiger charge is 2.19. The van der Waals surface area contributed by atoms with Gasteiger partial charge in [0.2, 0.25) is 0 Å². The van der Waals surface area contributed by atoms with Crippen LogP contribution >= 0.6 is 0 Å². The average molecular weight is 285 g/mol. The van der Waals surface area contributed by atoms with Crippen LogP contribution in [-0.2, 0) is 15.9 Å². The molecule has 7 nitrogen and oxygen atoms in total. The number of ether oxygens (including phenoxy) is 2. The molecule has 0 atom stereocenters. The van der Waals surface area contributed by atoms with Gasteiger partial charge < -0.3 is 24.3 Å². The lowest BCUT2D eigenvalue weighted by atomic mass is 10.2. The molecule has 0 aliphatic rings. The first-order valence-corrected chi connectivity index (χ1v) is 6.31. The van der Waals surface area contributed by atoms with Crippen LogP contribution in [0.1, 0.15) is 33.6 Å². The highest BCUT2D eigenvalue weighted by Crippen LogP contribution is 2.16. The van der Waals surface area contributed by atoms with Gasteiger partial charge in [0.1, 0.15) is 11.3 Å². The van der Waals surface area contributed by atoms with Crippen LogP contribution in [0, 0.1) is 0 Å². The first-order valence-electron chi connectivity index (χ1n) is 6.31. The van der Waals surface area contributed by atoms with Crippen LogP contribution in [0.4, 0.5) is 0 Å². The Bertz CT molecular complexity index is 454. The number of carbonyl (C=O) groups excluding carboxylic acids is 1. The molecule has 0 aromatic carbocycles. The molecule has 1 aromatic rings. The molecule has 112 valence electrons. The Labute approximate surface area is 116 Å². The molecule has 0 radical (unpaired) electrons. The van der Waals surface area contributed by atoms with Crippen molar-refractivity contribution in [3.63, 3.8) is 0 Å². The Balaban J connectivity index is 2.45. The van der Waals surface area contributed by atoms with Gasteiger partial charge in [0.25, 0.3) is 5.91 Å². The smallest absolute Gasteiger partial charge is 0.339 e. The number of amides is 1. The van der Waals surface area contributed by atoms with E-state index in [1.165, 1.54) is 6.07 Å². The van der Waals surface area contributed by atoms with Gasteiger partial charge in [-0.05, 0) is 0 Å². The third kappa shape index (κ3) is 4.67. The number of methoxy groups -OCH3 is 1. The predicted molar refractivity (Wildman–Crippen MR) is 70.1 cm³/mol. The highest BCUT2D eigenvalue weighted by atomic mass is 16.5. The number of carboxylic acid groups (broad SMARTS) is 1. The maximum Gasteiger partial charge on any atom is 0.339 e. The van der Waals surface area contributed by atoms with E-state index in [9.17, 15) is 9.59 Å². The summed E-state index contributed by atoms with van der Waals surface area (Å²) in [6, 6.07) is 1.24. The number of aromatic carboxylic acids is 1. The van der Waals surface area contributed by atoms with Crippen LogP contribution in [0.3, 0.4) is 0 Å². The number of carbonyl (C=O) groups is 2. The predicted octanol–water partition coefficient (Wildman–Crippen LogP) is 0.933. The topological polar surface area (TPSA) is 98.0 Å². The number of rotatable bonds is 9. The van der Waals surface area contributed by atoms with E-state index in [1.807, 2.05) is 0 Å². The lowest BCUT2D eigenvalue weighted by Gasteiger charge is -2.04. The van der Waals surface area contributed by atoms with E-state index >= 15 is 0 Å². The minimum Gasteiger partial charge on any atom is -0.478 e. The van der Waals surface area contributed by atoms with Crippen molar-refractivity contribution in [3.8, 4) is 0 Å². The van der Waals surface area contributed by atoms with Crippen molar-refractivity contribution < 1.29 is 28.6 Å². The molecule has 1 heterocycles. The van der Waals surface area contributed by atoms with Crippen molar-refractivity contribution in [2.45, 2.75) is 13.3 Å². The molecule has 2 N–H and O–H groups in total. The summed E-state index contributed by atoms with van der Waals surface area (Å²) in [4.78, 5) is 22.7. The molecule has 0 aliphatic carbocycles. The van der Waals surface area contributed by atoms with Crippen LogP contribution < -0.4 is 5.32 Å². The summed E-state index contributed by atoms with van der Waals surface area (Å²) < 4.78 is 15.2. The van der Waals surface area contributed by atoms with E-state index in [1.54, 1.807) is 14.0 Å². The second-order valence-electron chi connectivity index (χ2n) is 3.97. The van der Waals surface area contributed by atoms with E-state index in [4.69, 9.17) is 19.0 Å². The molecule has 1 rings (SSSR count). The fraction of sp³-hybridized carbons (Fsp3) is 0.538. The lowest BCUT2D eigenvalue weighted by Crippen LogP contribution is -2.27. The number of carboxylic acids is 1. The number of hydrogen-bond donors (Lipinski definition) is 2. The van der Waals surface area contributed by atoms with E-state index < -0.39 is 11.9 Å². The summed E-state index contributed by atoms with van der Waals surface area (Å²) in [6.45, 7) is 3.37. The Kier molecular flexibility index (Phi) is 6.75. The highest BCUT2D eigenvalue weighted by molar-refractivity contribution is 5.96. The molecule has 20 heavy (non-hydrogen) atoms. The average Bonchev–Trinajstić information content (AvgIpc) is 2.87. The lowest BCUT2D eigenvalue weighted by molar-refractivity contribution is 0.0685. The Morgan fingerprint density at radius 1 is 1.35 bits per heavy atom. The summed E-state index contributed by atoms with van der Waals surface area (Å²) in [5, 5.41) is 11.6. The molecule has 0 aliphatic heterocycles. The summed E-state index contributed by atoms with van der Waals surface area (Å²) in [5.74, 6) is -1.27. The number of nitrogens with one attached hydrogen (secondary N) is 1. The molecule has 1 amide bonds. The summed E-state index contributed by atoms with van der Waals surface area (Å²) in [6.07, 6.45) is 0.412. The standard InChI is InChI=1S/C13H19NO6/c1-3-10-9(13(16)17)8-11(20-10)12(15)14-4-5-19-7-6-18-2/h8H,3-7H2,1-2H3,(H,14,15)(H,16,17). The minimum absolute atomic E-state index is 0.00357. The quantitative estimate of drug-likeness (QED) is 0.655. The van der Waals surface area contributed by atoms with Gasteiger partial charge in [0.15, 0.2) is 5.76 Å². The maximum absolute atomic E-state index is 11.8. The molecule has 0 bridgehead atoms. The Hall–Kier alpha value is -1.86. The van der Waals surface area contributed by atoms with Gasteiger partial charge >= 0.3 is 5.97 Å². The van der Waals surface area contributed by atoms with Crippen molar-refractivity contribution in [3.05, 3.63) is 23.2 Å². The molecule has 0 saturated carbocycles. The van der Waals surface area contributed by atoms with Crippen LogP contribution in [-0.4, -0.2) is 50.5 Å². The van der Waals surface area contributed by atoms with Crippen molar-refractivity contribution in [1.82, 2.24) is 5.32 Å². The zero-order valence-electron chi connectivity index (χ0n) is 11.6. The third-order valence-corrected chi connectivity index (χ3v) is 2.55. The van der Waals surface area contributed by atoms with E-state index in [0.717, 1.165) is 0 Å². The molecular weight excluding hydrogens is 266 g/mol. The van der Waals surface area contributed by atoms with Gasteiger partial charge in [0.05, 0.1) is 19.8 Å². The first-order chi connectivity index (χ1) is 9.60. The Morgan fingerprint density at radius 2 is 2.10 bits per heavy atom.